The number of rotatable bonds is 13. The van der Waals surface area contributed by atoms with E-state index >= 15 is 0 Å². The van der Waals surface area contributed by atoms with Crippen molar-refractivity contribution in [2.75, 3.05) is 19.6 Å². The first-order chi connectivity index (χ1) is 20.6. The Bertz CT molecular complexity index is 1140. The minimum absolute atomic E-state index is 0.0645. The van der Waals surface area contributed by atoms with Gasteiger partial charge in [0.1, 0.15) is 17.2 Å². The molecule has 1 aromatic rings. The molecule has 0 radical (unpaired) electrons. The monoisotopic (exact) mass is 637 g/mol. The molecule has 0 aliphatic rings. The van der Waals surface area contributed by atoms with Crippen molar-refractivity contribution in [1.82, 2.24) is 25.8 Å². The van der Waals surface area contributed by atoms with Crippen LogP contribution in [0.15, 0.2) is 30.3 Å². The highest BCUT2D eigenvalue weighted by atomic mass is 16.6. The molecular formula is C31H51N5O9. The summed E-state index contributed by atoms with van der Waals surface area (Å²) in [5.74, 6) is -0.741. The van der Waals surface area contributed by atoms with Gasteiger partial charge in [-0.1, -0.05) is 30.3 Å². The topological polar surface area (TPSA) is 187 Å². The van der Waals surface area contributed by atoms with Crippen molar-refractivity contribution in [3.8, 4) is 0 Å². The average molecular weight is 638 g/mol. The first-order valence-electron chi connectivity index (χ1n) is 14.9. The fourth-order valence-electron chi connectivity index (χ4n) is 4.29. The third-order valence-corrected chi connectivity index (χ3v) is 6.06. The van der Waals surface area contributed by atoms with Gasteiger partial charge in [0.2, 0.25) is 5.91 Å². The quantitative estimate of drug-likeness (QED) is 0.192. The van der Waals surface area contributed by atoms with Crippen LogP contribution in [-0.2, 0) is 20.8 Å². The van der Waals surface area contributed by atoms with Gasteiger partial charge in [0.05, 0.1) is 6.54 Å². The Balaban J connectivity index is 3.16. The molecule has 0 bridgehead atoms. The van der Waals surface area contributed by atoms with Crippen molar-refractivity contribution >= 4 is 30.3 Å². The second-order valence-electron chi connectivity index (χ2n) is 13.6. The molecule has 14 heteroatoms. The van der Waals surface area contributed by atoms with Gasteiger partial charge in [0, 0.05) is 31.2 Å². The van der Waals surface area contributed by atoms with Crippen molar-refractivity contribution in [3.05, 3.63) is 35.9 Å². The summed E-state index contributed by atoms with van der Waals surface area (Å²) >= 11 is 0. The van der Waals surface area contributed by atoms with Crippen LogP contribution in [0, 0.1) is 0 Å². The van der Waals surface area contributed by atoms with Crippen molar-refractivity contribution in [2.24, 2.45) is 0 Å². The molecule has 1 aromatic carbocycles. The lowest BCUT2D eigenvalue weighted by Gasteiger charge is -2.40. The molecule has 5 amide bonds. The number of amides is 5. The Morgan fingerprint density at radius 1 is 0.800 bits per heavy atom. The maximum absolute atomic E-state index is 13.7. The summed E-state index contributed by atoms with van der Waals surface area (Å²) < 4.78 is 10.6. The predicted molar refractivity (Wildman–Crippen MR) is 168 cm³/mol. The zero-order chi connectivity index (χ0) is 34.6. The zero-order valence-corrected chi connectivity index (χ0v) is 27.9. The van der Waals surface area contributed by atoms with E-state index in [1.807, 2.05) is 0 Å². The van der Waals surface area contributed by atoms with E-state index in [4.69, 9.17) is 9.47 Å². The summed E-state index contributed by atoms with van der Waals surface area (Å²) in [5.41, 5.74) is -1.85. The normalized spacial score (nSPS) is 13.1. The lowest BCUT2D eigenvalue weighted by atomic mass is 10.0. The maximum atomic E-state index is 13.7. The fraction of sp³-hybridized carbons (Fsp3) is 0.645. The number of carbonyl (C=O) groups excluding carboxylic acids is 3. The Hall–Kier alpha value is -4.23. The summed E-state index contributed by atoms with van der Waals surface area (Å²) in [6.07, 6.45) is -3.34. The molecule has 0 aliphatic heterocycles. The molecular weight excluding hydrogens is 586 g/mol. The van der Waals surface area contributed by atoms with Crippen LogP contribution in [0.5, 0.6) is 0 Å². The number of hydrogen-bond acceptors (Lipinski definition) is 7. The Morgan fingerprint density at radius 3 is 1.84 bits per heavy atom. The van der Waals surface area contributed by atoms with Crippen molar-refractivity contribution < 1.29 is 43.7 Å². The second-order valence-corrected chi connectivity index (χ2v) is 13.6. The molecule has 0 heterocycles. The molecule has 0 aromatic heterocycles. The third-order valence-electron chi connectivity index (χ3n) is 6.06. The molecule has 14 nitrogen and oxygen atoms in total. The molecule has 45 heavy (non-hydrogen) atoms. The average Bonchev–Trinajstić information content (AvgIpc) is 2.85. The predicted octanol–water partition coefficient (Wildman–Crippen LogP) is 4.63. The molecule has 5 N–H and O–H groups in total. The van der Waals surface area contributed by atoms with E-state index in [1.54, 1.807) is 92.6 Å². The minimum atomic E-state index is -1.42. The van der Waals surface area contributed by atoms with Crippen LogP contribution in [0.2, 0.25) is 0 Å². The highest BCUT2D eigenvalue weighted by Gasteiger charge is 2.39. The number of benzene rings is 1. The van der Waals surface area contributed by atoms with Crippen LogP contribution < -0.4 is 16.0 Å². The smallest absolute Gasteiger partial charge is 0.408 e. The summed E-state index contributed by atoms with van der Waals surface area (Å²) in [5, 5.41) is 28.1. The van der Waals surface area contributed by atoms with Gasteiger partial charge in [-0.3, -0.25) is 9.69 Å². The largest absolute Gasteiger partial charge is 0.465 e. The van der Waals surface area contributed by atoms with Crippen molar-refractivity contribution in [1.29, 1.82) is 0 Å². The van der Waals surface area contributed by atoms with Crippen molar-refractivity contribution in [2.45, 2.75) is 111 Å². The highest BCUT2D eigenvalue weighted by molar-refractivity contribution is 5.86. The molecule has 254 valence electrons. The van der Waals surface area contributed by atoms with Crippen LogP contribution in [0.25, 0.3) is 0 Å². The second kappa shape index (κ2) is 16.7. The summed E-state index contributed by atoms with van der Waals surface area (Å²) in [6, 6.07) is 6.66. The number of ether oxygens (including phenoxy) is 2. The molecule has 1 rings (SSSR count). The molecule has 0 aliphatic carbocycles. The van der Waals surface area contributed by atoms with Crippen LogP contribution in [-0.4, -0.2) is 98.8 Å². The fourth-order valence-corrected chi connectivity index (χ4v) is 4.29. The molecule has 0 spiro atoms. The van der Waals surface area contributed by atoms with E-state index in [0.717, 1.165) is 9.80 Å². The number of nitrogens with one attached hydrogen (secondary N) is 3. The van der Waals surface area contributed by atoms with Crippen LogP contribution in [0.3, 0.4) is 0 Å². The zero-order valence-electron chi connectivity index (χ0n) is 27.9. The van der Waals surface area contributed by atoms with Crippen molar-refractivity contribution in [3.63, 3.8) is 0 Å². The molecule has 0 saturated heterocycles. The first-order valence-corrected chi connectivity index (χ1v) is 14.9. The maximum Gasteiger partial charge on any atom is 0.408 e. The van der Waals surface area contributed by atoms with Crippen LogP contribution in [0.1, 0.15) is 80.7 Å². The SMILES string of the molecule is CC(C)(C)OC(=O)NCCC[C@@H](CNC(=O)[C@H](CN(Cc1ccccc1)C(=O)O)N(C(=O)O)C(C)(C)C)NC(=O)OC(C)(C)C. The third kappa shape index (κ3) is 15.9. The number of hydrogen-bond donors (Lipinski definition) is 5. The van der Waals surface area contributed by atoms with E-state index in [-0.39, 0.29) is 19.6 Å². The van der Waals surface area contributed by atoms with E-state index < -0.39 is 65.6 Å². The molecule has 0 saturated carbocycles. The number of carboxylic acid groups (broad SMARTS) is 2. The van der Waals surface area contributed by atoms with E-state index in [1.165, 1.54) is 0 Å². The van der Waals surface area contributed by atoms with Gasteiger partial charge in [-0.25, -0.2) is 19.2 Å². The highest BCUT2D eigenvalue weighted by Crippen LogP contribution is 2.20. The van der Waals surface area contributed by atoms with Gasteiger partial charge < -0.3 is 40.5 Å². The Labute approximate surface area is 265 Å². The van der Waals surface area contributed by atoms with Gasteiger partial charge in [-0.15, -0.1) is 0 Å². The number of alkyl carbamates (subject to hydrolysis) is 2. The Morgan fingerprint density at radius 2 is 1.36 bits per heavy atom. The Kier molecular flexibility index (Phi) is 14.4. The lowest BCUT2D eigenvalue weighted by molar-refractivity contribution is -0.128. The molecule has 0 fully saturated rings. The van der Waals surface area contributed by atoms with Gasteiger partial charge >= 0.3 is 24.4 Å². The van der Waals surface area contributed by atoms with Gasteiger partial charge in [-0.2, -0.15) is 0 Å². The van der Waals surface area contributed by atoms with Gasteiger partial charge in [0.25, 0.3) is 0 Å². The standard InChI is InChI=1S/C31H51N5O9/c1-29(2,3)36(28(42)43)23(20-35(27(40)41)19-21-14-11-10-12-15-21)24(37)33-18-22(34-26(39)45-31(7,8)9)16-13-17-32-25(38)44-30(4,5)6/h10-12,14-15,22-23H,13,16-20H2,1-9H3,(H,32,38)(H,33,37)(H,34,39)(H,40,41)(H,42,43)/t22-,23-/m0/s1. The summed E-state index contributed by atoms with van der Waals surface area (Å²) in [6.45, 7) is 14.8. The molecule has 0 unspecified atom stereocenters. The van der Waals surface area contributed by atoms with E-state index in [2.05, 4.69) is 16.0 Å². The lowest BCUT2D eigenvalue weighted by Crippen LogP contribution is -2.61. The number of nitrogens with zero attached hydrogens (tertiary/aromatic N) is 2. The summed E-state index contributed by atoms with van der Waals surface area (Å²) in [7, 11) is 0. The summed E-state index contributed by atoms with van der Waals surface area (Å²) in [4.78, 5) is 64.7. The van der Waals surface area contributed by atoms with Gasteiger partial charge in [0.15, 0.2) is 0 Å². The minimum Gasteiger partial charge on any atom is -0.465 e. The van der Waals surface area contributed by atoms with E-state index in [9.17, 15) is 34.2 Å². The van der Waals surface area contributed by atoms with Crippen LogP contribution in [0.4, 0.5) is 19.2 Å². The van der Waals surface area contributed by atoms with E-state index in [0.29, 0.717) is 18.4 Å². The van der Waals surface area contributed by atoms with Crippen LogP contribution >= 0.6 is 0 Å². The number of carbonyl (C=O) groups is 5. The van der Waals surface area contributed by atoms with Gasteiger partial charge in [-0.05, 0) is 80.7 Å². The molecule has 2 atom stereocenters. The first kappa shape index (κ1) is 38.8.